The molecule has 0 amide bonds. The molecule has 1 unspecified atom stereocenters. The van der Waals surface area contributed by atoms with Crippen LogP contribution in [0.1, 0.15) is 47.8 Å². The summed E-state index contributed by atoms with van der Waals surface area (Å²) in [7, 11) is 0. The van der Waals surface area contributed by atoms with Crippen molar-refractivity contribution in [2.75, 3.05) is 0 Å². The summed E-state index contributed by atoms with van der Waals surface area (Å²) in [6.45, 7) is 4.76. The molecular weight excluding hydrogens is 609 g/mol. The molecule has 10 rings (SSSR count). The average molecular weight is 643 g/mol. The summed E-state index contributed by atoms with van der Waals surface area (Å²) in [5.41, 5.74) is 12.1. The molecule has 0 saturated heterocycles. The molecule has 8 aromatic rings. The molecule has 4 heteroatoms. The van der Waals surface area contributed by atoms with E-state index in [-0.39, 0.29) is 11.6 Å². The lowest BCUT2D eigenvalue weighted by Gasteiger charge is -2.24. The number of hydrogen-bond donors (Lipinski definition) is 1. The van der Waals surface area contributed by atoms with Gasteiger partial charge in [-0.15, -0.1) is 0 Å². The molecule has 1 aromatic heterocycles. The third-order valence-electron chi connectivity index (χ3n) is 10.6. The number of hydrogen-bond acceptors (Lipinski definition) is 3. The zero-order valence-electron chi connectivity index (χ0n) is 27.9. The van der Waals surface area contributed by atoms with Crippen LogP contribution in [0, 0.1) is 0 Å². The van der Waals surface area contributed by atoms with Gasteiger partial charge in [-0.2, -0.15) is 0 Å². The minimum Gasteiger partial charge on any atom is -0.344 e. The van der Waals surface area contributed by atoms with Crippen molar-refractivity contribution in [1.29, 1.82) is 0 Å². The third-order valence-corrected chi connectivity index (χ3v) is 10.6. The standard InChI is InChI=1S/C46H34N4/c1-46(2)37-23-13-11-21-35(37)39-40-36-22-12-14-24-38(36)50(42(40)34-20-10-9-19-33(34)41(39)46)32-27-25-31(26-28-32)45-48-43(29-15-5-3-6-16-29)47-44(49-45)30-17-7-4-8-18-30/h3-28,43H,1-2H3,(H,47,48,49). The lowest BCUT2D eigenvalue weighted by molar-refractivity contribution is 0.666. The quantitative estimate of drug-likeness (QED) is 0.204. The van der Waals surface area contributed by atoms with E-state index in [9.17, 15) is 0 Å². The van der Waals surface area contributed by atoms with Gasteiger partial charge in [0.1, 0.15) is 12.0 Å². The van der Waals surface area contributed by atoms with E-state index in [0.717, 1.165) is 28.2 Å². The number of fused-ring (bicyclic) bond motifs is 10. The fourth-order valence-electron chi connectivity index (χ4n) is 8.37. The van der Waals surface area contributed by atoms with Crippen LogP contribution in [0.3, 0.4) is 0 Å². The van der Waals surface area contributed by atoms with Gasteiger partial charge in [0.25, 0.3) is 0 Å². The van der Waals surface area contributed by atoms with Gasteiger partial charge in [0.15, 0.2) is 5.84 Å². The second-order valence-corrected chi connectivity index (χ2v) is 13.8. The van der Waals surface area contributed by atoms with Gasteiger partial charge in [-0.3, -0.25) is 0 Å². The second-order valence-electron chi connectivity index (χ2n) is 13.8. The molecule has 0 fully saturated rings. The minimum absolute atomic E-state index is 0.114. The number of amidine groups is 2. The average Bonchev–Trinajstić information content (AvgIpc) is 3.65. The first-order valence-electron chi connectivity index (χ1n) is 17.3. The van der Waals surface area contributed by atoms with E-state index >= 15 is 0 Å². The van der Waals surface area contributed by atoms with Crippen LogP contribution in [0.5, 0.6) is 0 Å². The third kappa shape index (κ3) is 4.18. The summed E-state index contributed by atoms with van der Waals surface area (Å²) in [6.07, 6.45) is -0.239. The van der Waals surface area contributed by atoms with Crippen LogP contribution in [0.4, 0.5) is 0 Å². The van der Waals surface area contributed by atoms with E-state index < -0.39 is 0 Å². The highest BCUT2D eigenvalue weighted by Crippen LogP contribution is 2.56. The number of rotatable bonds is 4. The maximum atomic E-state index is 5.12. The lowest BCUT2D eigenvalue weighted by Crippen LogP contribution is -2.33. The van der Waals surface area contributed by atoms with E-state index in [1.807, 2.05) is 24.3 Å². The maximum Gasteiger partial charge on any atom is 0.159 e. The van der Waals surface area contributed by atoms with Gasteiger partial charge in [-0.05, 0) is 63.5 Å². The predicted molar refractivity (Wildman–Crippen MR) is 208 cm³/mol. The predicted octanol–water partition coefficient (Wildman–Crippen LogP) is 10.7. The lowest BCUT2D eigenvalue weighted by atomic mass is 9.79. The summed E-state index contributed by atoms with van der Waals surface area (Å²) in [5.74, 6) is 1.53. The Kier molecular flexibility index (Phi) is 6.25. The number of nitrogens with one attached hydrogen (secondary N) is 1. The van der Waals surface area contributed by atoms with E-state index in [1.54, 1.807) is 0 Å². The minimum atomic E-state index is -0.239. The number of benzene rings is 7. The Morgan fingerprint density at radius 1 is 0.600 bits per heavy atom. The van der Waals surface area contributed by atoms with E-state index in [4.69, 9.17) is 9.98 Å². The molecule has 1 aliphatic heterocycles. The normalized spacial score (nSPS) is 16.2. The molecular formula is C46H34N4. The summed E-state index contributed by atoms with van der Waals surface area (Å²) in [4.78, 5) is 10.2. The molecule has 0 radical (unpaired) electrons. The summed E-state index contributed by atoms with van der Waals surface area (Å²) in [5, 5.41) is 8.75. The van der Waals surface area contributed by atoms with Crippen molar-refractivity contribution in [3.05, 3.63) is 186 Å². The van der Waals surface area contributed by atoms with Crippen molar-refractivity contribution in [2.45, 2.75) is 25.4 Å². The first kappa shape index (κ1) is 28.7. The van der Waals surface area contributed by atoms with Crippen molar-refractivity contribution < 1.29 is 0 Å². The fraction of sp³-hybridized carbons (Fsp3) is 0.0870. The molecule has 1 aliphatic carbocycles. The summed E-state index contributed by atoms with van der Waals surface area (Å²) in [6, 6.07) is 56.3. The highest BCUT2D eigenvalue weighted by atomic mass is 15.2. The number of aromatic nitrogens is 1. The molecule has 0 saturated carbocycles. The van der Waals surface area contributed by atoms with Gasteiger partial charge in [0.05, 0.1) is 11.0 Å². The van der Waals surface area contributed by atoms with Crippen LogP contribution >= 0.6 is 0 Å². The summed E-state index contributed by atoms with van der Waals surface area (Å²) >= 11 is 0. The fourth-order valence-corrected chi connectivity index (χ4v) is 8.37. The molecule has 2 aliphatic rings. The van der Waals surface area contributed by atoms with Gasteiger partial charge in [-0.25, -0.2) is 9.98 Å². The summed E-state index contributed by atoms with van der Waals surface area (Å²) < 4.78 is 2.46. The van der Waals surface area contributed by atoms with Gasteiger partial charge in [0.2, 0.25) is 0 Å². The maximum absolute atomic E-state index is 5.12. The van der Waals surface area contributed by atoms with E-state index in [0.29, 0.717) is 5.84 Å². The molecule has 4 nitrogen and oxygen atoms in total. The first-order chi connectivity index (χ1) is 24.6. The molecule has 0 spiro atoms. The topological polar surface area (TPSA) is 41.7 Å². The molecule has 2 heterocycles. The van der Waals surface area contributed by atoms with Gasteiger partial charge >= 0.3 is 0 Å². The SMILES string of the molecule is CC1(C)c2ccccc2-c2c1c1ccccc1c1c2c2ccccc2n1-c1ccc(C2=NC(c3ccccc3)NC(c3ccccc3)=N2)cc1. The van der Waals surface area contributed by atoms with Crippen molar-refractivity contribution >= 4 is 44.2 Å². The zero-order valence-corrected chi connectivity index (χ0v) is 27.9. The van der Waals surface area contributed by atoms with E-state index in [2.05, 4.69) is 157 Å². The van der Waals surface area contributed by atoms with Crippen LogP contribution in [0.2, 0.25) is 0 Å². The Hall–Kier alpha value is -6.26. The largest absolute Gasteiger partial charge is 0.344 e. The first-order valence-corrected chi connectivity index (χ1v) is 17.3. The van der Waals surface area contributed by atoms with Crippen LogP contribution in [0.25, 0.3) is 49.4 Å². The van der Waals surface area contributed by atoms with Crippen LogP contribution in [-0.4, -0.2) is 16.2 Å². The highest BCUT2D eigenvalue weighted by molar-refractivity contribution is 6.27. The second kappa shape index (κ2) is 10.9. The van der Waals surface area contributed by atoms with Crippen LogP contribution < -0.4 is 5.32 Å². The van der Waals surface area contributed by atoms with Crippen molar-refractivity contribution in [2.24, 2.45) is 9.98 Å². The molecule has 50 heavy (non-hydrogen) atoms. The molecule has 1 atom stereocenters. The number of aliphatic imine (C=N–C) groups is 2. The molecule has 0 bridgehead atoms. The van der Waals surface area contributed by atoms with Crippen LogP contribution in [-0.2, 0) is 5.41 Å². The van der Waals surface area contributed by atoms with Crippen molar-refractivity contribution in [1.82, 2.24) is 9.88 Å². The van der Waals surface area contributed by atoms with Crippen molar-refractivity contribution in [3.8, 4) is 16.8 Å². The van der Waals surface area contributed by atoms with E-state index in [1.165, 1.54) is 54.8 Å². The van der Waals surface area contributed by atoms with Gasteiger partial charge < -0.3 is 9.88 Å². The number of para-hydroxylation sites is 1. The Balaban J connectivity index is 1.19. The Labute approximate surface area is 291 Å². The molecule has 238 valence electrons. The monoisotopic (exact) mass is 642 g/mol. The van der Waals surface area contributed by atoms with Crippen molar-refractivity contribution in [3.63, 3.8) is 0 Å². The number of nitrogens with zero attached hydrogens (tertiary/aromatic N) is 3. The highest BCUT2D eigenvalue weighted by Gasteiger charge is 2.39. The van der Waals surface area contributed by atoms with Gasteiger partial charge in [0, 0.05) is 38.4 Å². The molecule has 7 aromatic carbocycles. The van der Waals surface area contributed by atoms with Crippen LogP contribution in [0.15, 0.2) is 168 Å². The molecule has 1 N–H and O–H groups in total. The smallest absolute Gasteiger partial charge is 0.159 e. The van der Waals surface area contributed by atoms with Gasteiger partial charge in [-0.1, -0.05) is 141 Å². The Morgan fingerprint density at radius 3 is 2.02 bits per heavy atom. The Morgan fingerprint density at radius 2 is 1.24 bits per heavy atom. The zero-order chi connectivity index (χ0) is 33.4. The Bertz CT molecular complexity index is 2680.